The molecule has 130 valence electrons. The maximum atomic E-state index is 12.8. The van der Waals surface area contributed by atoms with Gasteiger partial charge in [-0.05, 0) is 32.7 Å². The molecule has 7 heteroatoms. The van der Waals surface area contributed by atoms with Crippen LogP contribution in [0.1, 0.15) is 39.5 Å². The second-order valence-electron chi connectivity index (χ2n) is 7.40. The van der Waals surface area contributed by atoms with Gasteiger partial charge in [-0.25, -0.2) is 8.42 Å². The Hall–Kier alpha value is -0.403. The van der Waals surface area contributed by atoms with Crippen LogP contribution in [-0.2, 0) is 19.6 Å². The molecule has 0 amide bonds. The Morgan fingerprint density at radius 3 is 2.45 bits per heavy atom. The van der Waals surface area contributed by atoms with E-state index < -0.39 is 18.1 Å². The molecule has 0 aromatic rings. The van der Waals surface area contributed by atoms with Crippen molar-refractivity contribution < 1.29 is 17.9 Å². The quantitative estimate of drug-likeness (QED) is 0.524. The van der Waals surface area contributed by atoms with E-state index in [1.807, 2.05) is 6.92 Å². The lowest BCUT2D eigenvalue weighted by Crippen LogP contribution is -2.50. The summed E-state index contributed by atoms with van der Waals surface area (Å²) in [5.41, 5.74) is 0. The van der Waals surface area contributed by atoms with Crippen LogP contribution >= 0.6 is 0 Å². The molecule has 0 saturated carbocycles. The van der Waals surface area contributed by atoms with Gasteiger partial charge >= 0.3 is 5.97 Å². The molecule has 1 aliphatic heterocycles. The molecule has 1 saturated heterocycles. The number of esters is 1. The van der Waals surface area contributed by atoms with Crippen LogP contribution in [-0.4, -0.2) is 51.2 Å². The van der Waals surface area contributed by atoms with Crippen molar-refractivity contribution in [3.05, 3.63) is 0 Å². The fraction of sp³-hybridized carbons (Fsp3) is 0.933. The van der Waals surface area contributed by atoms with Crippen LogP contribution in [0.3, 0.4) is 0 Å². The molecule has 0 radical (unpaired) electrons. The fourth-order valence-electron chi connectivity index (χ4n) is 2.91. The fourth-order valence-corrected chi connectivity index (χ4v) is 7.89. The third-order valence-corrected chi connectivity index (χ3v) is 8.23. The summed E-state index contributed by atoms with van der Waals surface area (Å²) in [5.74, 6) is -0.0983. The Labute approximate surface area is 136 Å². The maximum absolute atomic E-state index is 12.8. The number of piperidine rings is 1. The van der Waals surface area contributed by atoms with Crippen LogP contribution in [0.15, 0.2) is 0 Å². The zero-order valence-corrected chi connectivity index (χ0v) is 16.4. The Morgan fingerprint density at radius 2 is 1.91 bits per heavy atom. The van der Waals surface area contributed by atoms with Crippen LogP contribution in [0.5, 0.6) is 0 Å². The number of carbonyl (C=O) groups excluding carboxylic acids is 1. The Balaban J connectivity index is 2.85. The van der Waals surface area contributed by atoms with Crippen molar-refractivity contribution in [2.75, 3.05) is 12.4 Å². The summed E-state index contributed by atoms with van der Waals surface area (Å²) in [4.78, 5) is 11.8. The molecule has 0 bridgehead atoms. The average molecular weight is 350 g/mol. The molecule has 1 aliphatic rings. The summed E-state index contributed by atoms with van der Waals surface area (Å²) in [6.45, 7) is 10.6. The zero-order chi connectivity index (χ0) is 17.0. The predicted molar refractivity (Wildman–Crippen MR) is 92.1 cm³/mol. The number of ether oxygens (including phenoxy) is 1. The van der Waals surface area contributed by atoms with Crippen LogP contribution in [0.2, 0.25) is 25.7 Å². The van der Waals surface area contributed by atoms with E-state index in [2.05, 4.69) is 19.6 Å². The van der Waals surface area contributed by atoms with Gasteiger partial charge < -0.3 is 4.74 Å². The Bertz CT molecular complexity index is 472. The first-order valence-corrected chi connectivity index (χ1v) is 13.6. The predicted octanol–water partition coefficient (Wildman–Crippen LogP) is 2.85. The van der Waals surface area contributed by atoms with Crippen LogP contribution < -0.4 is 0 Å². The summed E-state index contributed by atoms with van der Waals surface area (Å²) in [5, 5.41) is 0. The second kappa shape index (κ2) is 7.92. The number of rotatable bonds is 7. The second-order valence-corrected chi connectivity index (χ2v) is 15.0. The Kier molecular flexibility index (Phi) is 7.07. The van der Waals surface area contributed by atoms with Crippen molar-refractivity contribution in [1.29, 1.82) is 0 Å². The standard InChI is InChI=1S/C15H31NO4SSi/c1-6-20-15(17)12-14-9-7-8-13(2)16(14)21(18,19)10-11-22(3,4)5/h13-14H,6-12H2,1-5H3/t13-,14+/m0/s1. The van der Waals surface area contributed by atoms with E-state index in [1.165, 1.54) is 0 Å². The van der Waals surface area contributed by atoms with Gasteiger partial charge in [0.05, 0.1) is 18.8 Å². The molecule has 0 spiro atoms. The Morgan fingerprint density at radius 1 is 1.27 bits per heavy atom. The lowest BCUT2D eigenvalue weighted by molar-refractivity contribution is -0.144. The van der Waals surface area contributed by atoms with E-state index in [0.29, 0.717) is 6.61 Å². The number of hydrogen-bond acceptors (Lipinski definition) is 4. The molecule has 1 heterocycles. The highest BCUT2D eigenvalue weighted by atomic mass is 32.2. The highest BCUT2D eigenvalue weighted by Gasteiger charge is 2.38. The molecule has 1 fully saturated rings. The smallest absolute Gasteiger partial charge is 0.307 e. The minimum atomic E-state index is -3.32. The molecule has 0 unspecified atom stereocenters. The van der Waals surface area contributed by atoms with Crippen LogP contribution in [0.25, 0.3) is 0 Å². The third-order valence-electron chi connectivity index (χ3n) is 4.09. The summed E-state index contributed by atoms with van der Waals surface area (Å²) in [6.07, 6.45) is 2.75. The minimum absolute atomic E-state index is 0.0280. The van der Waals surface area contributed by atoms with Gasteiger partial charge in [-0.15, -0.1) is 0 Å². The molecule has 0 aromatic carbocycles. The number of sulfonamides is 1. The van der Waals surface area contributed by atoms with E-state index >= 15 is 0 Å². The SMILES string of the molecule is CCOC(=O)C[C@H]1CCC[C@H](C)N1S(=O)(=O)CC[Si](C)(C)C. The molecule has 22 heavy (non-hydrogen) atoms. The van der Waals surface area contributed by atoms with Crippen molar-refractivity contribution in [3.8, 4) is 0 Å². The highest BCUT2D eigenvalue weighted by molar-refractivity contribution is 7.89. The van der Waals surface area contributed by atoms with Crippen molar-refractivity contribution in [2.45, 2.75) is 77.3 Å². The third kappa shape index (κ3) is 6.00. The first-order valence-electron chi connectivity index (χ1n) is 8.23. The minimum Gasteiger partial charge on any atom is -0.466 e. The van der Waals surface area contributed by atoms with Gasteiger partial charge in [-0.3, -0.25) is 4.79 Å². The molecular formula is C15H31NO4SSi. The van der Waals surface area contributed by atoms with Gasteiger partial charge in [0, 0.05) is 20.2 Å². The maximum Gasteiger partial charge on any atom is 0.307 e. The van der Waals surface area contributed by atoms with Gasteiger partial charge in [-0.1, -0.05) is 26.1 Å². The molecular weight excluding hydrogens is 318 g/mol. The van der Waals surface area contributed by atoms with Crippen LogP contribution in [0, 0.1) is 0 Å². The van der Waals surface area contributed by atoms with Gasteiger partial charge in [0.25, 0.3) is 0 Å². The van der Waals surface area contributed by atoms with Gasteiger partial charge in [-0.2, -0.15) is 4.31 Å². The molecule has 5 nitrogen and oxygen atoms in total. The summed E-state index contributed by atoms with van der Waals surface area (Å²) >= 11 is 0. The van der Waals surface area contributed by atoms with Gasteiger partial charge in [0.2, 0.25) is 10.0 Å². The van der Waals surface area contributed by atoms with E-state index in [9.17, 15) is 13.2 Å². The van der Waals surface area contributed by atoms with E-state index in [4.69, 9.17) is 4.74 Å². The van der Waals surface area contributed by atoms with E-state index in [-0.39, 0.29) is 30.2 Å². The largest absolute Gasteiger partial charge is 0.466 e. The van der Waals surface area contributed by atoms with E-state index in [0.717, 1.165) is 25.3 Å². The topological polar surface area (TPSA) is 63.7 Å². The summed E-state index contributed by atoms with van der Waals surface area (Å²) in [7, 11) is -4.73. The monoisotopic (exact) mass is 349 g/mol. The van der Waals surface area contributed by atoms with E-state index in [1.54, 1.807) is 11.2 Å². The highest BCUT2D eigenvalue weighted by Crippen LogP contribution is 2.29. The number of carbonyl (C=O) groups is 1. The summed E-state index contributed by atoms with van der Waals surface area (Å²) in [6, 6.07) is 0.485. The first kappa shape index (κ1) is 19.6. The lowest BCUT2D eigenvalue weighted by atomic mass is 9.97. The average Bonchev–Trinajstić information content (AvgIpc) is 2.36. The zero-order valence-electron chi connectivity index (χ0n) is 14.6. The van der Waals surface area contributed by atoms with Crippen molar-refractivity contribution in [1.82, 2.24) is 4.31 Å². The van der Waals surface area contributed by atoms with Crippen LogP contribution in [0.4, 0.5) is 0 Å². The normalized spacial score (nSPS) is 24.2. The lowest BCUT2D eigenvalue weighted by Gasteiger charge is -2.39. The van der Waals surface area contributed by atoms with Crippen molar-refractivity contribution in [3.63, 3.8) is 0 Å². The molecule has 1 rings (SSSR count). The first-order chi connectivity index (χ1) is 10.1. The summed E-state index contributed by atoms with van der Waals surface area (Å²) < 4.78 is 32.2. The number of hydrogen-bond donors (Lipinski definition) is 0. The molecule has 0 N–H and O–H groups in total. The van der Waals surface area contributed by atoms with Gasteiger partial charge in [0.1, 0.15) is 0 Å². The van der Waals surface area contributed by atoms with Crippen molar-refractivity contribution >= 4 is 24.1 Å². The molecule has 0 aromatic heterocycles. The van der Waals surface area contributed by atoms with Crippen molar-refractivity contribution in [2.24, 2.45) is 0 Å². The molecule has 2 atom stereocenters. The van der Waals surface area contributed by atoms with Gasteiger partial charge in [0.15, 0.2) is 0 Å². The molecule has 0 aliphatic carbocycles. The number of nitrogens with zero attached hydrogens (tertiary/aromatic N) is 1.